The molecule has 7 nitrogen and oxygen atoms in total. The Labute approximate surface area is 166 Å². The molecule has 0 aromatic carbocycles. The molecule has 1 aromatic heterocycles. The number of anilines is 1. The van der Waals surface area contributed by atoms with Crippen molar-refractivity contribution in [2.75, 3.05) is 23.3 Å². The smallest absolute Gasteiger partial charge is 0.329 e. The Morgan fingerprint density at radius 2 is 2.19 bits per heavy atom. The van der Waals surface area contributed by atoms with E-state index < -0.39 is 6.23 Å². The summed E-state index contributed by atoms with van der Waals surface area (Å²) in [5, 5.41) is 10.3. The molecule has 0 N–H and O–H groups in total. The van der Waals surface area contributed by atoms with E-state index in [0.717, 1.165) is 11.4 Å². The minimum Gasteiger partial charge on any atom is -0.439 e. The highest BCUT2D eigenvalue weighted by molar-refractivity contribution is 9.09. The van der Waals surface area contributed by atoms with Gasteiger partial charge in [0.05, 0.1) is 6.54 Å². The van der Waals surface area contributed by atoms with Crippen LogP contribution < -0.4 is 4.90 Å². The van der Waals surface area contributed by atoms with Crippen LogP contribution in [0.3, 0.4) is 0 Å². The van der Waals surface area contributed by atoms with Gasteiger partial charge in [0.15, 0.2) is 0 Å². The molecule has 0 spiro atoms. The van der Waals surface area contributed by atoms with Gasteiger partial charge in [0.2, 0.25) is 11.4 Å². The van der Waals surface area contributed by atoms with Gasteiger partial charge in [0.1, 0.15) is 5.01 Å². The van der Waals surface area contributed by atoms with Crippen molar-refractivity contribution in [1.82, 2.24) is 15.1 Å². The number of amides is 2. The number of rotatable bonds is 8. The highest BCUT2D eigenvalue weighted by Gasteiger charge is 2.42. The molecule has 1 aliphatic heterocycles. The van der Waals surface area contributed by atoms with Crippen LogP contribution >= 0.6 is 27.3 Å². The summed E-state index contributed by atoms with van der Waals surface area (Å²) in [5.41, 5.74) is -0.162. The molecule has 1 fully saturated rings. The maximum absolute atomic E-state index is 12.8. The second-order valence-corrected chi connectivity index (χ2v) is 8.80. The van der Waals surface area contributed by atoms with E-state index in [4.69, 9.17) is 4.74 Å². The molecule has 1 unspecified atom stereocenters. The second-order valence-electron chi connectivity index (χ2n) is 7.05. The Kier molecular flexibility index (Phi) is 7.16. The lowest BCUT2D eigenvalue weighted by Crippen LogP contribution is -2.37. The standard InChI is InChI=1S/C17H25BrN4O3S/c1-5-6-7-8-13(23)25-12-11-21(10-9-18)16(24)22(12)15-20-19-14(26-15)17(2,3)4/h5,12H,1,6-11H2,2-4H3. The van der Waals surface area contributed by atoms with Gasteiger partial charge < -0.3 is 9.64 Å². The quantitative estimate of drug-likeness (QED) is 0.264. The van der Waals surface area contributed by atoms with Gasteiger partial charge in [-0.2, -0.15) is 0 Å². The number of allylic oxidation sites excluding steroid dienone is 1. The number of carbonyl (C=O) groups is 2. The van der Waals surface area contributed by atoms with Crippen molar-refractivity contribution in [2.24, 2.45) is 0 Å². The van der Waals surface area contributed by atoms with Crippen molar-refractivity contribution in [3.05, 3.63) is 17.7 Å². The van der Waals surface area contributed by atoms with Crippen LogP contribution in [0.15, 0.2) is 12.7 Å². The average molecular weight is 445 g/mol. The van der Waals surface area contributed by atoms with E-state index in [1.54, 1.807) is 11.0 Å². The molecule has 9 heteroatoms. The van der Waals surface area contributed by atoms with Crippen LogP contribution in [0.4, 0.5) is 9.93 Å². The van der Waals surface area contributed by atoms with E-state index in [1.807, 2.05) is 20.8 Å². The first kappa shape index (κ1) is 20.8. The van der Waals surface area contributed by atoms with E-state index in [0.29, 0.717) is 36.4 Å². The molecule has 0 aliphatic carbocycles. The number of nitrogens with zero attached hydrogens (tertiary/aromatic N) is 4. The number of carbonyl (C=O) groups excluding carboxylic acids is 2. The van der Waals surface area contributed by atoms with Crippen LogP contribution in [0, 0.1) is 0 Å². The topological polar surface area (TPSA) is 75.6 Å². The number of hydrogen-bond donors (Lipinski definition) is 0. The maximum atomic E-state index is 12.8. The van der Waals surface area contributed by atoms with Gasteiger partial charge in [-0.25, -0.2) is 9.69 Å². The van der Waals surface area contributed by atoms with Gasteiger partial charge in [-0.15, -0.1) is 16.8 Å². The molecule has 2 heterocycles. The first-order valence-corrected chi connectivity index (χ1v) is 10.5. The number of alkyl halides is 1. The Bertz CT molecular complexity index is 659. The van der Waals surface area contributed by atoms with Crippen LogP contribution in [0.5, 0.6) is 0 Å². The zero-order valence-electron chi connectivity index (χ0n) is 15.4. The summed E-state index contributed by atoms with van der Waals surface area (Å²) >= 11 is 4.70. The van der Waals surface area contributed by atoms with Gasteiger partial charge in [-0.3, -0.25) is 4.79 Å². The fourth-order valence-electron chi connectivity index (χ4n) is 2.43. The normalized spacial score (nSPS) is 17.7. The average Bonchev–Trinajstić information content (AvgIpc) is 3.14. The number of esters is 1. The van der Waals surface area contributed by atoms with Gasteiger partial charge in [0.25, 0.3) is 0 Å². The summed E-state index contributed by atoms with van der Waals surface area (Å²) in [6.07, 6.45) is 2.82. The van der Waals surface area contributed by atoms with Gasteiger partial charge in [-0.1, -0.05) is 54.1 Å². The van der Waals surface area contributed by atoms with E-state index in [2.05, 4.69) is 32.7 Å². The molecular weight excluding hydrogens is 420 g/mol. The number of unbranched alkanes of at least 4 members (excludes halogenated alkanes) is 1. The lowest BCUT2D eigenvalue weighted by Gasteiger charge is -2.20. The Morgan fingerprint density at radius 1 is 1.46 bits per heavy atom. The third-order valence-corrected chi connectivity index (χ3v) is 5.52. The van der Waals surface area contributed by atoms with Crippen LogP contribution in [0.2, 0.25) is 0 Å². The molecule has 0 saturated carbocycles. The molecule has 1 saturated heterocycles. The molecule has 26 heavy (non-hydrogen) atoms. The molecular formula is C17H25BrN4O3S. The van der Waals surface area contributed by atoms with Crippen molar-refractivity contribution in [3.8, 4) is 0 Å². The monoisotopic (exact) mass is 444 g/mol. The summed E-state index contributed by atoms with van der Waals surface area (Å²) in [6, 6.07) is -0.218. The Hall–Kier alpha value is -1.48. The van der Waals surface area contributed by atoms with Crippen LogP contribution in [0.25, 0.3) is 0 Å². The number of aromatic nitrogens is 2. The van der Waals surface area contributed by atoms with E-state index in [-0.39, 0.29) is 17.4 Å². The number of hydrogen-bond acceptors (Lipinski definition) is 6. The summed E-state index contributed by atoms with van der Waals surface area (Å²) in [7, 11) is 0. The van der Waals surface area contributed by atoms with Crippen molar-refractivity contribution in [3.63, 3.8) is 0 Å². The minimum absolute atomic E-state index is 0.162. The third-order valence-electron chi connectivity index (χ3n) is 3.81. The fraction of sp³-hybridized carbons (Fsp3) is 0.647. The molecule has 1 aliphatic rings. The third kappa shape index (κ3) is 5.03. The predicted molar refractivity (Wildman–Crippen MR) is 106 cm³/mol. The molecule has 0 radical (unpaired) electrons. The summed E-state index contributed by atoms with van der Waals surface area (Å²) in [6.45, 7) is 10.6. The zero-order chi connectivity index (χ0) is 19.3. The first-order chi connectivity index (χ1) is 12.3. The summed E-state index contributed by atoms with van der Waals surface area (Å²) in [5.74, 6) is -0.323. The van der Waals surface area contributed by atoms with Crippen molar-refractivity contribution in [1.29, 1.82) is 0 Å². The number of urea groups is 1. The first-order valence-electron chi connectivity index (χ1n) is 8.56. The van der Waals surface area contributed by atoms with Crippen LogP contribution in [-0.2, 0) is 14.9 Å². The highest BCUT2D eigenvalue weighted by Crippen LogP contribution is 2.33. The number of ether oxygens (including phenoxy) is 1. The molecule has 1 aromatic rings. The van der Waals surface area contributed by atoms with Crippen molar-refractivity contribution < 1.29 is 14.3 Å². The van der Waals surface area contributed by atoms with Gasteiger partial charge in [-0.05, 0) is 12.8 Å². The lowest BCUT2D eigenvalue weighted by atomic mass is 9.98. The predicted octanol–water partition coefficient (Wildman–Crippen LogP) is 3.70. The fourth-order valence-corrected chi connectivity index (χ4v) is 3.79. The lowest BCUT2D eigenvalue weighted by molar-refractivity contribution is -0.148. The summed E-state index contributed by atoms with van der Waals surface area (Å²) in [4.78, 5) is 28.0. The van der Waals surface area contributed by atoms with Crippen molar-refractivity contribution >= 4 is 44.4 Å². The van der Waals surface area contributed by atoms with E-state index in [9.17, 15) is 9.59 Å². The maximum Gasteiger partial charge on any atom is 0.329 e. The van der Waals surface area contributed by atoms with Gasteiger partial charge >= 0.3 is 12.0 Å². The summed E-state index contributed by atoms with van der Waals surface area (Å²) < 4.78 is 5.58. The van der Waals surface area contributed by atoms with Crippen LogP contribution in [0.1, 0.15) is 45.0 Å². The Balaban J connectivity index is 2.18. The second kappa shape index (κ2) is 8.94. The molecule has 0 bridgehead atoms. The molecule has 1 atom stereocenters. The largest absolute Gasteiger partial charge is 0.439 e. The van der Waals surface area contributed by atoms with Crippen molar-refractivity contribution in [2.45, 2.75) is 51.7 Å². The zero-order valence-corrected chi connectivity index (χ0v) is 17.8. The number of halogens is 1. The minimum atomic E-state index is -0.682. The molecule has 2 amide bonds. The van der Waals surface area contributed by atoms with E-state index in [1.165, 1.54) is 16.2 Å². The molecule has 144 valence electrons. The highest BCUT2D eigenvalue weighted by atomic mass is 79.9. The van der Waals surface area contributed by atoms with E-state index >= 15 is 0 Å². The molecule has 2 rings (SSSR count). The van der Waals surface area contributed by atoms with Gasteiger partial charge in [0, 0.05) is 23.7 Å². The SMILES string of the molecule is C=CCCCC(=O)OC1CN(CCBr)C(=O)N1c1nnc(C(C)(C)C)s1. The Morgan fingerprint density at radius 3 is 2.77 bits per heavy atom. The van der Waals surface area contributed by atoms with Crippen LogP contribution in [-0.4, -0.2) is 51.7 Å².